The summed E-state index contributed by atoms with van der Waals surface area (Å²) in [5, 5.41) is 26.6. The lowest BCUT2D eigenvalue weighted by atomic mass is 10.1. The summed E-state index contributed by atoms with van der Waals surface area (Å²) in [7, 11) is 0. The molecule has 0 bridgehead atoms. The number of aryl methyl sites for hydroxylation is 1. The second kappa shape index (κ2) is 9.95. The molecule has 14 heteroatoms. The molecule has 0 saturated carbocycles. The number of nitro groups is 1. The van der Waals surface area contributed by atoms with E-state index in [4.69, 9.17) is 4.52 Å². The first-order chi connectivity index (χ1) is 15.9. The van der Waals surface area contributed by atoms with Crippen molar-refractivity contribution in [2.24, 2.45) is 0 Å². The van der Waals surface area contributed by atoms with Crippen LogP contribution < -0.4 is 10.2 Å². The Morgan fingerprint density at radius 2 is 2.00 bits per heavy atom. The third-order valence-electron chi connectivity index (χ3n) is 4.79. The van der Waals surface area contributed by atoms with Crippen LogP contribution in [0.5, 0.6) is 0 Å². The van der Waals surface area contributed by atoms with Gasteiger partial charge in [-0.1, -0.05) is 40.4 Å². The normalized spacial score (nSPS) is 13.7. The lowest BCUT2D eigenvalue weighted by Crippen LogP contribution is -2.48. The molecule has 0 unspecified atom stereocenters. The molecule has 3 aromatic rings. The van der Waals surface area contributed by atoms with Gasteiger partial charge in [-0.05, 0) is 13.0 Å². The van der Waals surface area contributed by atoms with Gasteiger partial charge in [-0.2, -0.15) is 0 Å². The summed E-state index contributed by atoms with van der Waals surface area (Å²) in [6.07, 6.45) is 0. The van der Waals surface area contributed by atoms with Crippen LogP contribution in [0.15, 0.2) is 39.2 Å². The minimum absolute atomic E-state index is 0.0876. The highest BCUT2D eigenvalue weighted by Gasteiger charge is 2.28. The van der Waals surface area contributed by atoms with Crippen LogP contribution in [0.1, 0.15) is 16.1 Å². The van der Waals surface area contributed by atoms with E-state index in [0.29, 0.717) is 47.2 Å². The molecule has 1 N–H and O–H groups in total. The van der Waals surface area contributed by atoms with E-state index < -0.39 is 4.92 Å². The van der Waals surface area contributed by atoms with E-state index in [1.807, 2.05) is 4.90 Å². The van der Waals surface area contributed by atoms with Gasteiger partial charge >= 0.3 is 0 Å². The van der Waals surface area contributed by atoms with Crippen LogP contribution in [0.25, 0.3) is 0 Å². The molecule has 12 nitrogen and oxygen atoms in total. The summed E-state index contributed by atoms with van der Waals surface area (Å²) < 4.78 is 5.56. The number of rotatable bonds is 7. The molecular weight excluding hydrogens is 470 g/mol. The van der Waals surface area contributed by atoms with E-state index in [9.17, 15) is 19.7 Å². The Morgan fingerprint density at radius 1 is 1.24 bits per heavy atom. The summed E-state index contributed by atoms with van der Waals surface area (Å²) in [6, 6.07) is 7.59. The van der Waals surface area contributed by atoms with E-state index in [1.54, 1.807) is 24.0 Å². The minimum atomic E-state index is -0.545. The Kier molecular flexibility index (Phi) is 6.84. The molecule has 0 atom stereocenters. The number of piperazine rings is 1. The summed E-state index contributed by atoms with van der Waals surface area (Å²) in [4.78, 5) is 39.1. The monoisotopic (exact) mass is 489 g/mol. The molecule has 2 aromatic heterocycles. The summed E-state index contributed by atoms with van der Waals surface area (Å²) in [5.74, 6) is 0.536. The number of hydrogen-bond acceptors (Lipinski definition) is 11. The number of benzene rings is 1. The van der Waals surface area contributed by atoms with E-state index in [0.717, 1.165) is 0 Å². The van der Waals surface area contributed by atoms with E-state index in [1.165, 1.54) is 41.3 Å². The first kappa shape index (κ1) is 22.7. The topological polar surface area (TPSA) is 148 Å². The van der Waals surface area contributed by atoms with Crippen molar-refractivity contribution in [1.29, 1.82) is 0 Å². The SMILES string of the molecule is Cc1cc(NC(=O)CSc2nnc(N3CCN(C(=O)c4ccccc4[N+](=O)[O-])CC3)s2)no1. The van der Waals surface area contributed by atoms with E-state index in [-0.39, 0.29) is 28.8 Å². The second-order valence-corrected chi connectivity index (χ2v) is 9.24. The number of anilines is 2. The number of nitrogens with zero attached hydrogens (tertiary/aromatic N) is 6. The first-order valence-electron chi connectivity index (χ1n) is 9.88. The third kappa shape index (κ3) is 5.46. The van der Waals surface area contributed by atoms with Crippen LogP contribution in [-0.4, -0.2) is 68.9 Å². The van der Waals surface area contributed by atoms with Crippen molar-refractivity contribution in [3.05, 3.63) is 51.8 Å². The van der Waals surface area contributed by atoms with Crippen LogP contribution >= 0.6 is 23.1 Å². The highest BCUT2D eigenvalue weighted by molar-refractivity contribution is 8.01. The molecule has 2 amide bonds. The van der Waals surface area contributed by atoms with Crippen molar-refractivity contribution >= 4 is 51.5 Å². The summed E-state index contributed by atoms with van der Waals surface area (Å²) >= 11 is 2.63. The first-order valence-corrected chi connectivity index (χ1v) is 11.7. The number of aromatic nitrogens is 3. The van der Waals surface area contributed by atoms with E-state index in [2.05, 4.69) is 20.7 Å². The largest absolute Gasteiger partial charge is 0.360 e. The highest BCUT2D eigenvalue weighted by Crippen LogP contribution is 2.29. The maximum Gasteiger partial charge on any atom is 0.282 e. The quantitative estimate of drug-likeness (QED) is 0.298. The molecule has 1 aliphatic rings. The number of carbonyl (C=O) groups excluding carboxylic acids is 2. The maximum atomic E-state index is 12.8. The van der Waals surface area contributed by atoms with Crippen molar-refractivity contribution in [1.82, 2.24) is 20.3 Å². The zero-order chi connectivity index (χ0) is 23.4. The van der Waals surface area contributed by atoms with Gasteiger partial charge in [-0.15, -0.1) is 10.2 Å². The van der Waals surface area contributed by atoms with Crippen molar-refractivity contribution in [3.8, 4) is 0 Å². The van der Waals surface area contributed by atoms with Crippen molar-refractivity contribution in [2.45, 2.75) is 11.3 Å². The molecule has 0 spiro atoms. The predicted octanol–water partition coefficient (Wildman–Crippen LogP) is 2.44. The number of carbonyl (C=O) groups is 2. The van der Waals surface area contributed by atoms with Crippen molar-refractivity contribution in [3.63, 3.8) is 0 Å². The molecular formula is C19H19N7O5S2. The molecule has 0 radical (unpaired) electrons. The minimum Gasteiger partial charge on any atom is -0.360 e. The number of nitrogens with one attached hydrogen (secondary N) is 1. The molecule has 0 aliphatic carbocycles. The van der Waals surface area contributed by atoms with Gasteiger partial charge < -0.3 is 19.6 Å². The smallest absolute Gasteiger partial charge is 0.282 e. The Labute approximate surface area is 196 Å². The number of thioether (sulfide) groups is 1. The molecule has 4 rings (SSSR count). The number of hydrogen-bond donors (Lipinski definition) is 1. The van der Waals surface area contributed by atoms with Crippen LogP contribution in [0, 0.1) is 17.0 Å². The molecule has 1 aliphatic heterocycles. The molecule has 1 saturated heterocycles. The lowest BCUT2D eigenvalue weighted by molar-refractivity contribution is -0.385. The Hall–Kier alpha value is -3.52. The lowest BCUT2D eigenvalue weighted by Gasteiger charge is -2.34. The standard InChI is InChI=1S/C19H19N7O5S2/c1-12-10-15(23-31-12)20-16(27)11-32-19-22-21-18(33-19)25-8-6-24(7-9-25)17(28)13-4-2-3-5-14(13)26(29)30/h2-5,10H,6-9,11H2,1H3,(H,20,23,27). The van der Waals surface area contributed by atoms with Crippen LogP contribution in [0.4, 0.5) is 16.6 Å². The fraction of sp³-hybridized carbons (Fsp3) is 0.316. The van der Waals surface area contributed by atoms with Gasteiger partial charge in [0.05, 0.1) is 10.7 Å². The number of para-hydroxylation sites is 1. The fourth-order valence-corrected chi connectivity index (χ4v) is 4.90. The Balaban J connectivity index is 1.29. The second-order valence-electron chi connectivity index (χ2n) is 7.06. The Bertz CT molecular complexity index is 1170. The number of nitro benzene ring substituents is 1. The molecule has 33 heavy (non-hydrogen) atoms. The summed E-state index contributed by atoms with van der Waals surface area (Å²) in [5.41, 5.74) is -0.108. The average Bonchev–Trinajstić information content (AvgIpc) is 3.46. The van der Waals surface area contributed by atoms with Gasteiger partial charge in [0.2, 0.25) is 11.0 Å². The zero-order valence-electron chi connectivity index (χ0n) is 17.5. The zero-order valence-corrected chi connectivity index (χ0v) is 19.1. The van der Waals surface area contributed by atoms with Gasteiger partial charge in [0, 0.05) is 38.3 Å². The van der Waals surface area contributed by atoms with Gasteiger partial charge in [0.15, 0.2) is 10.2 Å². The highest BCUT2D eigenvalue weighted by atomic mass is 32.2. The van der Waals surface area contributed by atoms with E-state index >= 15 is 0 Å². The van der Waals surface area contributed by atoms with Gasteiger partial charge in [0.1, 0.15) is 11.3 Å². The molecule has 1 fully saturated rings. The molecule has 1 aromatic carbocycles. The molecule has 3 heterocycles. The average molecular weight is 490 g/mol. The van der Waals surface area contributed by atoms with Crippen LogP contribution in [0.3, 0.4) is 0 Å². The van der Waals surface area contributed by atoms with Crippen LogP contribution in [0.2, 0.25) is 0 Å². The fourth-order valence-electron chi connectivity index (χ4n) is 3.21. The maximum absolute atomic E-state index is 12.8. The van der Waals surface area contributed by atoms with Gasteiger partial charge in [-0.3, -0.25) is 19.7 Å². The Morgan fingerprint density at radius 3 is 2.70 bits per heavy atom. The van der Waals surface area contributed by atoms with Gasteiger partial charge in [-0.25, -0.2) is 0 Å². The molecule has 172 valence electrons. The number of amides is 2. The van der Waals surface area contributed by atoms with Crippen molar-refractivity contribution < 1.29 is 19.0 Å². The third-order valence-corrected chi connectivity index (χ3v) is 6.90. The predicted molar refractivity (Wildman–Crippen MR) is 122 cm³/mol. The van der Waals surface area contributed by atoms with Crippen molar-refractivity contribution in [2.75, 3.05) is 42.1 Å². The summed E-state index contributed by atoms with van der Waals surface area (Å²) in [6.45, 7) is 3.61. The van der Waals surface area contributed by atoms with Gasteiger partial charge in [0.25, 0.3) is 11.6 Å². The van der Waals surface area contributed by atoms with Crippen LogP contribution in [-0.2, 0) is 4.79 Å².